The Balaban J connectivity index is 3.39. The van der Waals surface area contributed by atoms with Crippen LogP contribution in [-0.4, -0.2) is 45.6 Å². The van der Waals surface area contributed by atoms with Crippen LogP contribution >= 0.6 is 0 Å². The highest BCUT2D eigenvalue weighted by atomic mass is 16.5. The molecule has 0 aliphatic heterocycles. The summed E-state index contributed by atoms with van der Waals surface area (Å²) >= 11 is 0. The molecule has 1 N–H and O–H groups in total. The van der Waals surface area contributed by atoms with Crippen molar-refractivity contribution in [2.45, 2.75) is 19.4 Å². The van der Waals surface area contributed by atoms with Gasteiger partial charge in [-0.25, -0.2) is 0 Å². The number of ether oxygens (including phenoxy) is 3. The van der Waals surface area contributed by atoms with E-state index in [0.29, 0.717) is 17.2 Å². The lowest BCUT2D eigenvalue weighted by Gasteiger charge is -2.37. The van der Waals surface area contributed by atoms with Crippen LogP contribution in [0.25, 0.3) is 0 Å². The zero-order valence-corrected chi connectivity index (χ0v) is 12.5. The van der Waals surface area contributed by atoms with Crippen LogP contribution in [0.15, 0.2) is 12.1 Å². The molecule has 0 saturated heterocycles. The monoisotopic (exact) mass is 269 g/mol. The Morgan fingerprint density at radius 1 is 1.05 bits per heavy atom. The summed E-state index contributed by atoms with van der Waals surface area (Å²) in [7, 11) is 6.67. The first kappa shape index (κ1) is 15.4. The Kier molecular flexibility index (Phi) is 4.89. The van der Waals surface area contributed by atoms with Gasteiger partial charge in [0.15, 0.2) is 0 Å². The van der Waals surface area contributed by atoms with E-state index in [1.807, 2.05) is 25.8 Å². The number of likely N-dealkylation sites (N-methyl/N-ethyl adjacent to an activating group) is 1. The number of rotatable bonds is 6. The molecule has 19 heavy (non-hydrogen) atoms. The number of aliphatic hydroxyl groups excluding tert-OH is 1. The van der Waals surface area contributed by atoms with Crippen molar-refractivity contribution in [3.63, 3.8) is 0 Å². The fourth-order valence-corrected chi connectivity index (χ4v) is 1.73. The number of hydrogen-bond acceptors (Lipinski definition) is 5. The van der Waals surface area contributed by atoms with E-state index in [-0.39, 0.29) is 6.61 Å². The second kappa shape index (κ2) is 6.02. The Hall–Kier alpha value is -1.62. The summed E-state index contributed by atoms with van der Waals surface area (Å²) in [5, 5.41) is 9.51. The molecular formula is C14H23NO4. The first-order chi connectivity index (χ1) is 8.91. The van der Waals surface area contributed by atoms with Crippen LogP contribution in [0.3, 0.4) is 0 Å². The Morgan fingerprint density at radius 3 is 1.84 bits per heavy atom. The minimum absolute atomic E-state index is 0.0157. The maximum Gasteiger partial charge on any atom is 0.149 e. The molecule has 5 nitrogen and oxygen atoms in total. The van der Waals surface area contributed by atoms with Crippen LogP contribution in [0.5, 0.6) is 17.2 Å². The molecule has 1 rings (SSSR count). The summed E-state index contributed by atoms with van der Waals surface area (Å²) in [6.45, 7) is 3.90. The highest BCUT2D eigenvalue weighted by Gasteiger charge is 2.28. The van der Waals surface area contributed by atoms with E-state index >= 15 is 0 Å². The summed E-state index contributed by atoms with van der Waals surface area (Å²) in [6, 6.07) is 3.59. The summed E-state index contributed by atoms with van der Waals surface area (Å²) < 4.78 is 16.0. The van der Waals surface area contributed by atoms with Crippen molar-refractivity contribution in [1.29, 1.82) is 0 Å². The Morgan fingerprint density at radius 2 is 1.53 bits per heavy atom. The van der Waals surface area contributed by atoms with Crippen molar-refractivity contribution in [1.82, 2.24) is 0 Å². The third-order valence-corrected chi connectivity index (χ3v) is 3.32. The fraction of sp³-hybridized carbons (Fsp3) is 0.571. The van der Waals surface area contributed by atoms with Gasteiger partial charge in [0.05, 0.1) is 33.5 Å². The number of benzene rings is 1. The molecule has 0 bridgehead atoms. The molecule has 0 radical (unpaired) electrons. The molecule has 0 aromatic heterocycles. The van der Waals surface area contributed by atoms with Crippen molar-refractivity contribution in [3.05, 3.63) is 12.1 Å². The average Bonchev–Trinajstić information content (AvgIpc) is 2.44. The van der Waals surface area contributed by atoms with Crippen LogP contribution < -0.4 is 19.1 Å². The van der Waals surface area contributed by atoms with Crippen molar-refractivity contribution < 1.29 is 19.3 Å². The number of hydrogen-bond donors (Lipinski definition) is 1. The third-order valence-electron chi connectivity index (χ3n) is 3.32. The minimum Gasteiger partial charge on any atom is -0.496 e. The van der Waals surface area contributed by atoms with Gasteiger partial charge in [0.25, 0.3) is 0 Å². The highest BCUT2D eigenvalue weighted by Crippen LogP contribution is 2.43. The van der Waals surface area contributed by atoms with Crippen molar-refractivity contribution >= 4 is 5.69 Å². The molecule has 0 aliphatic carbocycles. The molecule has 0 unspecified atom stereocenters. The van der Waals surface area contributed by atoms with Crippen LogP contribution in [-0.2, 0) is 0 Å². The quantitative estimate of drug-likeness (QED) is 0.855. The molecule has 0 saturated carbocycles. The van der Waals surface area contributed by atoms with Gasteiger partial charge >= 0.3 is 0 Å². The van der Waals surface area contributed by atoms with Gasteiger partial charge < -0.3 is 24.2 Å². The lowest BCUT2D eigenvalue weighted by Crippen LogP contribution is -2.44. The normalized spacial score (nSPS) is 11.1. The van der Waals surface area contributed by atoms with Gasteiger partial charge in [-0.2, -0.15) is 0 Å². The summed E-state index contributed by atoms with van der Waals surface area (Å²) in [5.74, 6) is 1.94. The van der Waals surface area contributed by atoms with Gasteiger partial charge in [0, 0.05) is 19.2 Å². The molecule has 0 atom stereocenters. The lowest BCUT2D eigenvalue weighted by atomic mass is 10.0. The van der Waals surface area contributed by atoms with E-state index in [2.05, 4.69) is 0 Å². The third kappa shape index (κ3) is 3.04. The SMILES string of the molecule is COc1cc(OC)c(N(C)C(C)(C)CO)c(OC)c1. The van der Waals surface area contributed by atoms with E-state index in [0.717, 1.165) is 5.69 Å². The fourth-order valence-electron chi connectivity index (χ4n) is 1.73. The topological polar surface area (TPSA) is 51.2 Å². The number of anilines is 1. The largest absolute Gasteiger partial charge is 0.496 e. The molecule has 1 aromatic carbocycles. The van der Waals surface area contributed by atoms with E-state index < -0.39 is 5.54 Å². The standard InChI is InChI=1S/C14H23NO4/c1-14(2,9-16)15(3)13-11(18-5)7-10(17-4)8-12(13)19-6/h7-8,16H,9H2,1-6H3. The molecule has 0 heterocycles. The number of methoxy groups -OCH3 is 3. The summed E-state index contributed by atoms with van der Waals surface area (Å²) in [6.07, 6.45) is 0. The first-order valence-electron chi connectivity index (χ1n) is 6.06. The molecule has 1 aromatic rings. The van der Waals surface area contributed by atoms with Gasteiger partial charge in [-0.15, -0.1) is 0 Å². The second-order valence-corrected chi connectivity index (χ2v) is 4.91. The summed E-state index contributed by atoms with van der Waals surface area (Å²) in [5.41, 5.74) is 0.347. The predicted octanol–water partition coefficient (Wildman–Crippen LogP) is 1.92. The zero-order valence-electron chi connectivity index (χ0n) is 12.5. The van der Waals surface area contributed by atoms with E-state index in [9.17, 15) is 5.11 Å². The first-order valence-corrected chi connectivity index (χ1v) is 6.06. The number of aliphatic hydroxyl groups is 1. The van der Waals surface area contributed by atoms with E-state index in [4.69, 9.17) is 14.2 Å². The number of nitrogens with zero attached hydrogens (tertiary/aromatic N) is 1. The maximum absolute atomic E-state index is 9.51. The van der Waals surface area contributed by atoms with Crippen molar-refractivity contribution in [2.75, 3.05) is 39.9 Å². The smallest absolute Gasteiger partial charge is 0.149 e. The zero-order chi connectivity index (χ0) is 14.6. The lowest BCUT2D eigenvalue weighted by molar-refractivity contribution is 0.215. The molecule has 108 valence electrons. The Bertz CT molecular complexity index is 406. The van der Waals surface area contributed by atoms with Crippen LogP contribution in [0.1, 0.15) is 13.8 Å². The van der Waals surface area contributed by atoms with Gasteiger partial charge in [0.2, 0.25) is 0 Å². The van der Waals surface area contributed by atoms with Gasteiger partial charge in [-0.05, 0) is 13.8 Å². The molecule has 0 amide bonds. The van der Waals surface area contributed by atoms with E-state index in [1.54, 1.807) is 33.5 Å². The van der Waals surface area contributed by atoms with E-state index in [1.165, 1.54) is 0 Å². The maximum atomic E-state index is 9.51. The second-order valence-electron chi connectivity index (χ2n) is 4.91. The van der Waals surface area contributed by atoms with Crippen molar-refractivity contribution in [3.8, 4) is 17.2 Å². The average molecular weight is 269 g/mol. The van der Waals surface area contributed by atoms with Crippen LogP contribution in [0.4, 0.5) is 5.69 Å². The van der Waals surface area contributed by atoms with Crippen LogP contribution in [0, 0.1) is 0 Å². The van der Waals surface area contributed by atoms with Gasteiger partial charge in [-0.1, -0.05) is 0 Å². The summed E-state index contributed by atoms with van der Waals surface area (Å²) in [4.78, 5) is 1.93. The van der Waals surface area contributed by atoms with Gasteiger partial charge in [-0.3, -0.25) is 0 Å². The Labute approximate surface area is 114 Å². The predicted molar refractivity (Wildman–Crippen MR) is 75.7 cm³/mol. The molecule has 5 heteroatoms. The molecule has 0 aliphatic rings. The molecular weight excluding hydrogens is 246 g/mol. The molecule has 0 spiro atoms. The minimum atomic E-state index is -0.435. The van der Waals surface area contributed by atoms with Crippen LogP contribution in [0.2, 0.25) is 0 Å². The highest BCUT2D eigenvalue weighted by molar-refractivity contribution is 5.71. The molecule has 0 fully saturated rings. The van der Waals surface area contributed by atoms with Crippen molar-refractivity contribution in [2.24, 2.45) is 0 Å². The van der Waals surface area contributed by atoms with Gasteiger partial charge in [0.1, 0.15) is 22.9 Å².